The second kappa shape index (κ2) is 2.51. The molecule has 2 heteroatoms. The van der Waals surface area contributed by atoms with E-state index < -0.39 is 0 Å². The van der Waals surface area contributed by atoms with Crippen molar-refractivity contribution >= 4 is 0 Å². The summed E-state index contributed by atoms with van der Waals surface area (Å²) in [6, 6.07) is 1.56. The van der Waals surface area contributed by atoms with Crippen molar-refractivity contribution in [1.29, 1.82) is 0 Å². The number of hydrogen-bond acceptors (Lipinski definition) is 2. The van der Waals surface area contributed by atoms with Gasteiger partial charge in [0.2, 0.25) is 0 Å². The zero-order valence-electron chi connectivity index (χ0n) is 6.56. The van der Waals surface area contributed by atoms with Crippen LogP contribution in [-0.4, -0.2) is 25.2 Å². The molecule has 0 saturated carbocycles. The molecule has 0 aromatic heterocycles. The highest BCUT2D eigenvalue weighted by Gasteiger charge is 2.31. The average molecular weight is 140 g/mol. The summed E-state index contributed by atoms with van der Waals surface area (Å²) in [6.07, 6.45) is 2.70. The Morgan fingerprint density at radius 3 is 3.10 bits per heavy atom. The van der Waals surface area contributed by atoms with E-state index in [1.807, 2.05) is 0 Å². The lowest BCUT2D eigenvalue weighted by Crippen LogP contribution is -2.46. The Bertz CT molecular complexity index is 124. The molecule has 58 valence electrons. The highest BCUT2D eigenvalue weighted by Crippen LogP contribution is 2.22. The lowest BCUT2D eigenvalue weighted by Gasteiger charge is -2.30. The topological polar surface area (TPSA) is 24.1 Å². The monoisotopic (exact) mass is 140 g/mol. The summed E-state index contributed by atoms with van der Waals surface area (Å²) in [5.41, 5.74) is 0. The van der Waals surface area contributed by atoms with Gasteiger partial charge in [0.1, 0.15) is 0 Å². The first-order chi connectivity index (χ1) is 4.86. The van der Waals surface area contributed by atoms with Crippen molar-refractivity contribution in [3.8, 4) is 0 Å². The van der Waals surface area contributed by atoms with E-state index in [4.69, 9.17) is 0 Å². The molecule has 0 aromatic rings. The molecule has 2 aliphatic heterocycles. The molecule has 2 N–H and O–H groups in total. The number of nitrogens with one attached hydrogen (secondary N) is 2. The quantitative estimate of drug-likeness (QED) is 0.507. The van der Waals surface area contributed by atoms with E-state index in [0.29, 0.717) is 0 Å². The van der Waals surface area contributed by atoms with Gasteiger partial charge < -0.3 is 10.6 Å². The van der Waals surface area contributed by atoms with Crippen LogP contribution in [0.15, 0.2) is 0 Å². The van der Waals surface area contributed by atoms with Gasteiger partial charge in [0.25, 0.3) is 0 Å². The van der Waals surface area contributed by atoms with Gasteiger partial charge in [-0.05, 0) is 38.8 Å². The number of fused-ring (bicyclic) bond motifs is 1. The first-order valence-corrected chi connectivity index (χ1v) is 4.33. The zero-order chi connectivity index (χ0) is 6.97. The van der Waals surface area contributed by atoms with E-state index in [1.165, 1.54) is 25.9 Å². The Hall–Kier alpha value is -0.0800. The van der Waals surface area contributed by atoms with Crippen molar-refractivity contribution < 1.29 is 0 Å². The normalized spacial score (nSPS) is 47.1. The van der Waals surface area contributed by atoms with Crippen LogP contribution in [-0.2, 0) is 0 Å². The first kappa shape index (κ1) is 6.62. The van der Waals surface area contributed by atoms with Crippen molar-refractivity contribution in [2.24, 2.45) is 5.92 Å². The SMILES string of the molecule is CC1CC2NCCC2CN1. The molecule has 0 bridgehead atoms. The summed E-state index contributed by atoms with van der Waals surface area (Å²) in [5, 5.41) is 7.06. The van der Waals surface area contributed by atoms with Crippen LogP contribution in [0.25, 0.3) is 0 Å². The maximum Gasteiger partial charge on any atom is 0.0123 e. The molecule has 0 aromatic carbocycles. The Balaban J connectivity index is 1.96. The Morgan fingerprint density at radius 2 is 2.20 bits per heavy atom. The van der Waals surface area contributed by atoms with Gasteiger partial charge in [-0.25, -0.2) is 0 Å². The Morgan fingerprint density at radius 1 is 1.30 bits per heavy atom. The van der Waals surface area contributed by atoms with Crippen molar-refractivity contribution in [3.05, 3.63) is 0 Å². The second-order valence-corrected chi connectivity index (χ2v) is 3.65. The van der Waals surface area contributed by atoms with Gasteiger partial charge in [-0.1, -0.05) is 0 Å². The van der Waals surface area contributed by atoms with E-state index in [-0.39, 0.29) is 0 Å². The molecule has 2 nitrogen and oxygen atoms in total. The number of rotatable bonds is 0. The summed E-state index contributed by atoms with van der Waals surface area (Å²) in [7, 11) is 0. The van der Waals surface area contributed by atoms with Crippen LogP contribution in [0.2, 0.25) is 0 Å². The summed E-state index contributed by atoms with van der Waals surface area (Å²) in [5.74, 6) is 0.927. The first-order valence-electron chi connectivity index (χ1n) is 4.33. The molecule has 2 aliphatic rings. The average Bonchev–Trinajstić information content (AvgIpc) is 2.33. The second-order valence-electron chi connectivity index (χ2n) is 3.65. The van der Waals surface area contributed by atoms with E-state index in [2.05, 4.69) is 17.6 Å². The summed E-state index contributed by atoms with van der Waals surface area (Å²) < 4.78 is 0. The smallest absolute Gasteiger partial charge is 0.0123 e. The minimum absolute atomic E-state index is 0.729. The number of piperidine rings is 1. The fraction of sp³-hybridized carbons (Fsp3) is 1.00. The van der Waals surface area contributed by atoms with Crippen LogP contribution < -0.4 is 10.6 Å². The Labute approximate surface area is 62.4 Å². The zero-order valence-corrected chi connectivity index (χ0v) is 6.56. The van der Waals surface area contributed by atoms with E-state index in [0.717, 1.165) is 18.0 Å². The van der Waals surface area contributed by atoms with Gasteiger partial charge in [-0.15, -0.1) is 0 Å². The molecule has 0 amide bonds. The highest BCUT2D eigenvalue weighted by molar-refractivity contribution is 4.91. The molecule has 2 rings (SSSR count). The highest BCUT2D eigenvalue weighted by atomic mass is 15.0. The molecule has 2 fully saturated rings. The predicted molar refractivity (Wildman–Crippen MR) is 42.0 cm³/mol. The summed E-state index contributed by atoms with van der Waals surface area (Å²) >= 11 is 0. The largest absolute Gasteiger partial charge is 0.314 e. The summed E-state index contributed by atoms with van der Waals surface area (Å²) in [4.78, 5) is 0. The molecule has 0 spiro atoms. The standard InChI is InChI=1S/C8H16N2/c1-6-4-8-7(5-10-6)2-3-9-8/h6-10H,2-5H2,1H3. The van der Waals surface area contributed by atoms with Crippen molar-refractivity contribution in [1.82, 2.24) is 10.6 Å². The van der Waals surface area contributed by atoms with Gasteiger partial charge in [0, 0.05) is 12.1 Å². The third-order valence-corrected chi connectivity index (χ3v) is 2.83. The van der Waals surface area contributed by atoms with Crippen LogP contribution in [0.3, 0.4) is 0 Å². The van der Waals surface area contributed by atoms with Crippen molar-refractivity contribution in [2.75, 3.05) is 13.1 Å². The van der Waals surface area contributed by atoms with Gasteiger partial charge in [0.15, 0.2) is 0 Å². The van der Waals surface area contributed by atoms with Crippen LogP contribution in [0.1, 0.15) is 19.8 Å². The van der Waals surface area contributed by atoms with Crippen LogP contribution >= 0.6 is 0 Å². The van der Waals surface area contributed by atoms with Crippen LogP contribution in [0, 0.1) is 5.92 Å². The molecule has 3 unspecified atom stereocenters. The van der Waals surface area contributed by atoms with Crippen molar-refractivity contribution in [2.45, 2.75) is 31.8 Å². The Kier molecular flexibility index (Phi) is 1.66. The molecule has 3 atom stereocenters. The van der Waals surface area contributed by atoms with Gasteiger partial charge >= 0.3 is 0 Å². The molecule has 0 radical (unpaired) electrons. The fourth-order valence-corrected chi connectivity index (χ4v) is 2.16. The molecule has 2 heterocycles. The lowest BCUT2D eigenvalue weighted by atomic mass is 9.91. The third-order valence-electron chi connectivity index (χ3n) is 2.83. The number of hydrogen-bond donors (Lipinski definition) is 2. The van der Waals surface area contributed by atoms with Crippen LogP contribution in [0.5, 0.6) is 0 Å². The summed E-state index contributed by atoms with van der Waals surface area (Å²) in [6.45, 7) is 4.75. The molecular formula is C8H16N2. The molecule has 0 aliphatic carbocycles. The minimum atomic E-state index is 0.729. The van der Waals surface area contributed by atoms with E-state index >= 15 is 0 Å². The van der Waals surface area contributed by atoms with Crippen LogP contribution in [0.4, 0.5) is 0 Å². The molecular weight excluding hydrogens is 124 g/mol. The maximum absolute atomic E-state index is 3.55. The van der Waals surface area contributed by atoms with E-state index in [9.17, 15) is 0 Å². The predicted octanol–water partition coefficient (Wildman–Crippen LogP) is 0.346. The van der Waals surface area contributed by atoms with Gasteiger partial charge in [0.05, 0.1) is 0 Å². The minimum Gasteiger partial charge on any atom is -0.314 e. The van der Waals surface area contributed by atoms with Gasteiger partial charge in [-0.3, -0.25) is 0 Å². The van der Waals surface area contributed by atoms with Gasteiger partial charge in [-0.2, -0.15) is 0 Å². The lowest BCUT2D eigenvalue weighted by molar-refractivity contribution is 0.293. The maximum atomic E-state index is 3.55. The molecule has 2 saturated heterocycles. The van der Waals surface area contributed by atoms with E-state index in [1.54, 1.807) is 0 Å². The van der Waals surface area contributed by atoms with Crippen molar-refractivity contribution in [3.63, 3.8) is 0 Å². The molecule has 10 heavy (non-hydrogen) atoms. The fourth-order valence-electron chi connectivity index (χ4n) is 2.16. The third kappa shape index (κ3) is 1.06.